The highest BCUT2D eigenvalue weighted by Crippen LogP contribution is 2.10. The highest BCUT2D eigenvalue weighted by atomic mass is 16.5. The number of carboxylic acid groups (broad SMARTS) is 1. The van der Waals surface area contributed by atoms with Gasteiger partial charge in [0.05, 0.1) is 0 Å². The van der Waals surface area contributed by atoms with Gasteiger partial charge in [-0.05, 0) is 40.4 Å². The first-order valence-corrected chi connectivity index (χ1v) is 6.31. The summed E-state index contributed by atoms with van der Waals surface area (Å²) in [5, 5.41) is 9.08. The Morgan fingerprint density at radius 2 is 2.24 bits per heavy atom. The first kappa shape index (κ1) is 14.4. The molecule has 0 spiro atoms. The molecule has 1 N–H and O–H groups in total. The number of likely N-dealkylation sites (N-methyl/N-ethyl adjacent to an activating group) is 1. The summed E-state index contributed by atoms with van der Waals surface area (Å²) in [7, 11) is 2.11. The van der Waals surface area contributed by atoms with Crippen LogP contribution in [0.2, 0.25) is 0 Å². The molecule has 0 aliphatic carbocycles. The van der Waals surface area contributed by atoms with Crippen LogP contribution in [0.4, 0.5) is 0 Å². The van der Waals surface area contributed by atoms with Crippen LogP contribution in [0, 0.1) is 0 Å². The van der Waals surface area contributed by atoms with Crippen LogP contribution < -0.4 is 0 Å². The van der Waals surface area contributed by atoms with Gasteiger partial charge >= 0.3 is 5.97 Å². The average molecular weight is 244 g/mol. The summed E-state index contributed by atoms with van der Waals surface area (Å²) in [5.74, 6) is -0.864. The largest absolute Gasteiger partial charge is 0.479 e. The second-order valence-corrected chi connectivity index (χ2v) is 4.74. The summed E-state index contributed by atoms with van der Waals surface area (Å²) < 4.78 is 5.27. The Morgan fingerprint density at radius 1 is 1.53 bits per heavy atom. The monoisotopic (exact) mass is 244 g/mol. The summed E-state index contributed by atoms with van der Waals surface area (Å²) in [6.45, 7) is 7.91. The lowest BCUT2D eigenvalue weighted by molar-refractivity contribution is -0.151. The van der Waals surface area contributed by atoms with Gasteiger partial charge < -0.3 is 14.7 Å². The molecule has 0 saturated carbocycles. The van der Waals surface area contributed by atoms with E-state index in [1.54, 1.807) is 0 Å². The molecule has 1 rings (SSSR count). The van der Waals surface area contributed by atoms with Gasteiger partial charge in [0, 0.05) is 25.7 Å². The van der Waals surface area contributed by atoms with Crippen molar-refractivity contribution in [3.63, 3.8) is 0 Å². The quantitative estimate of drug-likeness (QED) is 0.763. The SMILES string of the molecule is CCOC(CN1CCCN(C)CC1C)C(=O)O. The third kappa shape index (κ3) is 4.61. The minimum absolute atomic E-state index is 0.379. The molecule has 17 heavy (non-hydrogen) atoms. The highest BCUT2D eigenvalue weighted by Gasteiger charge is 2.26. The summed E-state index contributed by atoms with van der Waals surface area (Å²) in [4.78, 5) is 15.6. The van der Waals surface area contributed by atoms with Crippen LogP contribution in [0.25, 0.3) is 0 Å². The van der Waals surface area contributed by atoms with Crippen LogP contribution in [0.15, 0.2) is 0 Å². The van der Waals surface area contributed by atoms with Crippen molar-refractivity contribution in [2.75, 3.05) is 39.8 Å². The molecule has 2 atom stereocenters. The number of carboxylic acids is 1. The summed E-state index contributed by atoms with van der Waals surface area (Å²) in [6.07, 6.45) is 0.380. The van der Waals surface area contributed by atoms with Gasteiger partial charge in [0.2, 0.25) is 0 Å². The van der Waals surface area contributed by atoms with E-state index in [0.717, 1.165) is 26.1 Å². The van der Waals surface area contributed by atoms with Gasteiger partial charge in [-0.3, -0.25) is 4.90 Å². The fourth-order valence-corrected chi connectivity index (χ4v) is 2.31. The summed E-state index contributed by atoms with van der Waals surface area (Å²) >= 11 is 0. The number of hydrogen-bond donors (Lipinski definition) is 1. The molecule has 0 aromatic carbocycles. The molecule has 1 heterocycles. The van der Waals surface area contributed by atoms with Crippen LogP contribution in [-0.4, -0.2) is 72.9 Å². The van der Waals surface area contributed by atoms with E-state index < -0.39 is 12.1 Å². The number of aliphatic carboxylic acids is 1. The molecule has 1 saturated heterocycles. The normalized spacial score (nSPS) is 25.5. The molecule has 0 aromatic rings. The Hall–Kier alpha value is -0.650. The minimum Gasteiger partial charge on any atom is -0.479 e. The Morgan fingerprint density at radius 3 is 2.82 bits per heavy atom. The number of carbonyl (C=O) groups is 1. The summed E-state index contributed by atoms with van der Waals surface area (Å²) in [6, 6.07) is 0.379. The van der Waals surface area contributed by atoms with Crippen molar-refractivity contribution < 1.29 is 14.6 Å². The second-order valence-electron chi connectivity index (χ2n) is 4.74. The summed E-state index contributed by atoms with van der Waals surface area (Å²) in [5.41, 5.74) is 0. The Labute approximate surface area is 103 Å². The van der Waals surface area contributed by atoms with Crippen molar-refractivity contribution in [3.8, 4) is 0 Å². The molecular formula is C12H24N2O3. The van der Waals surface area contributed by atoms with E-state index in [4.69, 9.17) is 9.84 Å². The predicted octanol–water partition coefficient (Wildman–Crippen LogP) is 0.502. The van der Waals surface area contributed by atoms with E-state index in [9.17, 15) is 4.79 Å². The molecular weight excluding hydrogens is 220 g/mol. The number of ether oxygens (including phenoxy) is 1. The minimum atomic E-state index is -0.864. The van der Waals surface area contributed by atoms with Crippen molar-refractivity contribution in [3.05, 3.63) is 0 Å². The van der Waals surface area contributed by atoms with Crippen molar-refractivity contribution in [2.24, 2.45) is 0 Å². The van der Waals surface area contributed by atoms with E-state index in [2.05, 4.69) is 23.8 Å². The third-order valence-electron chi connectivity index (χ3n) is 3.23. The zero-order valence-corrected chi connectivity index (χ0v) is 11.1. The highest BCUT2D eigenvalue weighted by molar-refractivity contribution is 5.72. The predicted molar refractivity (Wildman–Crippen MR) is 66.2 cm³/mol. The molecule has 5 heteroatoms. The van der Waals surface area contributed by atoms with Crippen molar-refractivity contribution in [1.29, 1.82) is 0 Å². The maximum atomic E-state index is 11.1. The molecule has 0 amide bonds. The van der Waals surface area contributed by atoms with Crippen LogP contribution in [0.3, 0.4) is 0 Å². The number of rotatable bonds is 5. The molecule has 0 bridgehead atoms. The molecule has 0 radical (unpaired) electrons. The molecule has 5 nitrogen and oxygen atoms in total. The Balaban J connectivity index is 2.54. The van der Waals surface area contributed by atoms with Crippen molar-refractivity contribution in [1.82, 2.24) is 9.80 Å². The van der Waals surface area contributed by atoms with Gasteiger partial charge in [0.15, 0.2) is 6.10 Å². The van der Waals surface area contributed by atoms with E-state index in [1.165, 1.54) is 0 Å². The van der Waals surface area contributed by atoms with Gasteiger partial charge in [-0.15, -0.1) is 0 Å². The second kappa shape index (κ2) is 6.93. The topological polar surface area (TPSA) is 53.0 Å². The van der Waals surface area contributed by atoms with Crippen molar-refractivity contribution >= 4 is 5.97 Å². The smallest absolute Gasteiger partial charge is 0.334 e. The Kier molecular flexibility index (Phi) is 5.88. The molecule has 1 fully saturated rings. The molecule has 1 aliphatic heterocycles. The standard InChI is InChI=1S/C12H24N2O3/c1-4-17-11(12(15)16)9-14-7-5-6-13(3)8-10(14)2/h10-11H,4-9H2,1-3H3,(H,15,16). The molecule has 2 unspecified atom stereocenters. The fourth-order valence-electron chi connectivity index (χ4n) is 2.31. The lowest BCUT2D eigenvalue weighted by Crippen LogP contribution is -2.45. The number of nitrogens with zero attached hydrogens (tertiary/aromatic N) is 2. The molecule has 1 aliphatic rings. The van der Waals surface area contributed by atoms with E-state index in [1.807, 2.05) is 6.92 Å². The maximum Gasteiger partial charge on any atom is 0.334 e. The van der Waals surface area contributed by atoms with Gasteiger partial charge in [-0.25, -0.2) is 4.79 Å². The molecule has 0 aromatic heterocycles. The first-order valence-electron chi connectivity index (χ1n) is 6.31. The van der Waals surface area contributed by atoms with E-state index in [-0.39, 0.29) is 0 Å². The molecule has 100 valence electrons. The maximum absolute atomic E-state index is 11.1. The van der Waals surface area contributed by atoms with Gasteiger partial charge in [0.25, 0.3) is 0 Å². The van der Waals surface area contributed by atoms with Crippen LogP contribution in [0.1, 0.15) is 20.3 Å². The van der Waals surface area contributed by atoms with Gasteiger partial charge in [-0.1, -0.05) is 0 Å². The Bertz CT molecular complexity index is 248. The van der Waals surface area contributed by atoms with Crippen molar-refractivity contribution in [2.45, 2.75) is 32.4 Å². The zero-order valence-electron chi connectivity index (χ0n) is 11.1. The fraction of sp³-hybridized carbons (Fsp3) is 0.917. The van der Waals surface area contributed by atoms with E-state index in [0.29, 0.717) is 19.2 Å². The van der Waals surface area contributed by atoms with E-state index >= 15 is 0 Å². The third-order valence-corrected chi connectivity index (χ3v) is 3.23. The lowest BCUT2D eigenvalue weighted by atomic mass is 10.2. The van der Waals surface area contributed by atoms with Crippen LogP contribution >= 0.6 is 0 Å². The van der Waals surface area contributed by atoms with Gasteiger partial charge in [-0.2, -0.15) is 0 Å². The average Bonchev–Trinajstić information content (AvgIpc) is 2.40. The van der Waals surface area contributed by atoms with Crippen LogP contribution in [0.5, 0.6) is 0 Å². The van der Waals surface area contributed by atoms with Gasteiger partial charge in [0.1, 0.15) is 0 Å². The van der Waals surface area contributed by atoms with Crippen LogP contribution in [-0.2, 0) is 9.53 Å². The number of hydrogen-bond acceptors (Lipinski definition) is 4. The zero-order chi connectivity index (χ0) is 12.8. The first-order chi connectivity index (χ1) is 8.04. The lowest BCUT2D eigenvalue weighted by Gasteiger charge is -2.29.